The molecule has 2 aromatic heterocycles. The van der Waals surface area contributed by atoms with Crippen LogP contribution in [-0.4, -0.2) is 24.8 Å². The summed E-state index contributed by atoms with van der Waals surface area (Å²) in [5, 5.41) is 12.7. The topological polar surface area (TPSA) is 48.5 Å². The number of para-hydroxylation sites is 1. The van der Waals surface area contributed by atoms with E-state index in [1.54, 1.807) is 9.36 Å². The standard InChI is InChI=1S/C12H12ClN5/c1-8-9(7-13)12(17(2)15-8)18-11-6-4-3-5-10(11)14-16-18/h3-6H,7H2,1-2H3. The molecule has 0 aliphatic rings. The highest BCUT2D eigenvalue weighted by Gasteiger charge is 2.17. The van der Waals surface area contributed by atoms with Crippen molar-refractivity contribution >= 4 is 22.6 Å². The third-order valence-electron chi connectivity index (χ3n) is 3.00. The van der Waals surface area contributed by atoms with Gasteiger partial charge in [0.25, 0.3) is 0 Å². The van der Waals surface area contributed by atoms with Gasteiger partial charge < -0.3 is 0 Å². The van der Waals surface area contributed by atoms with Gasteiger partial charge in [-0.2, -0.15) is 9.78 Å². The van der Waals surface area contributed by atoms with Gasteiger partial charge in [-0.3, -0.25) is 4.68 Å². The van der Waals surface area contributed by atoms with E-state index in [9.17, 15) is 0 Å². The first-order valence-corrected chi connectivity index (χ1v) is 6.15. The minimum atomic E-state index is 0.406. The van der Waals surface area contributed by atoms with Crippen molar-refractivity contribution in [1.82, 2.24) is 24.8 Å². The number of hydrogen-bond acceptors (Lipinski definition) is 3. The van der Waals surface area contributed by atoms with Crippen molar-refractivity contribution in [2.75, 3.05) is 0 Å². The minimum Gasteiger partial charge on any atom is -0.250 e. The van der Waals surface area contributed by atoms with Gasteiger partial charge in [-0.15, -0.1) is 16.7 Å². The first-order chi connectivity index (χ1) is 8.72. The fraction of sp³-hybridized carbons (Fsp3) is 0.250. The highest BCUT2D eigenvalue weighted by atomic mass is 35.5. The van der Waals surface area contributed by atoms with Crippen LogP contribution in [-0.2, 0) is 12.9 Å². The molecule has 3 aromatic rings. The summed E-state index contributed by atoms with van der Waals surface area (Å²) in [7, 11) is 1.88. The average Bonchev–Trinajstić information content (AvgIpc) is 2.89. The van der Waals surface area contributed by atoms with Gasteiger partial charge in [0, 0.05) is 12.6 Å². The Labute approximate surface area is 109 Å². The molecule has 5 nitrogen and oxygen atoms in total. The van der Waals surface area contributed by atoms with Crippen molar-refractivity contribution in [2.24, 2.45) is 7.05 Å². The molecule has 0 fully saturated rings. The maximum absolute atomic E-state index is 6.00. The quantitative estimate of drug-likeness (QED) is 0.665. The van der Waals surface area contributed by atoms with Gasteiger partial charge in [0.1, 0.15) is 5.52 Å². The van der Waals surface area contributed by atoms with Crippen LogP contribution < -0.4 is 0 Å². The Hall–Kier alpha value is -1.88. The molecular weight excluding hydrogens is 250 g/mol. The molecule has 0 atom stereocenters. The van der Waals surface area contributed by atoms with Crippen LogP contribution in [0.5, 0.6) is 0 Å². The van der Waals surface area contributed by atoms with E-state index in [2.05, 4.69) is 15.4 Å². The van der Waals surface area contributed by atoms with Crippen molar-refractivity contribution in [3.8, 4) is 5.82 Å². The van der Waals surface area contributed by atoms with Crippen molar-refractivity contribution in [1.29, 1.82) is 0 Å². The molecule has 0 aliphatic carbocycles. The van der Waals surface area contributed by atoms with Crippen LogP contribution in [0.25, 0.3) is 16.9 Å². The van der Waals surface area contributed by atoms with Gasteiger partial charge in [-0.1, -0.05) is 17.3 Å². The summed E-state index contributed by atoms with van der Waals surface area (Å²) in [6.45, 7) is 1.94. The molecule has 0 radical (unpaired) electrons. The molecule has 2 heterocycles. The predicted molar refractivity (Wildman–Crippen MR) is 69.9 cm³/mol. The van der Waals surface area contributed by atoms with Crippen molar-refractivity contribution in [3.63, 3.8) is 0 Å². The third-order valence-corrected chi connectivity index (χ3v) is 3.27. The van der Waals surface area contributed by atoms with Gasteiger partial charge in [-0.05, 0) is 19.1 Å². The molecular formula is C12H12ClN5. The number of hydrogen-bond donors (Lipinski definition) is 0. The van der Waals surface area contributed by atoms with Crippen LogP contribution >= 0.6 is 11.6 Å². The average molecular weight is 262 g/mol. The Morgan fingerprint density at radius 3 is 2.83 bits per heavy atom. The van der Waals surface area contributed by atoms with E-state index < -0.39 is 0 Å². The predicted octanol–water partition coefficient (Wildman–Crippen LogP) is 2.20. The first-order valence-electron chi connectivity index (χ1n) is 5.61. The zero-order valence-corrected chi connectivity index (χ0v) is 10.9. The fourth-order valence-electron chi connectivity index (χ4n) is 2.14. The molecule has 6 heteroatoms. The molecule has 0 N–H and O–H groups in total. The smallest absolute Gasteiger partial charge is 0.158 e. The van der Waals surface area contributed by atoms with Gasteiger partial charge in [0.05, 0.1) is 17.1 Å². The molecule has 0 unspecified atom stereocenters. The molecule has 0 aliphatic heterocycles. The summed E-state index contributed by atoms with van der Waals surface area (Å²) in [5.74, 6) is 1.28. The van der Waals surface area contributed by atoms with Crippen molar-refractivity contribution in [3.05, 3.63) is 35.5 Å². The molecule has 0 saturated heterocycles. The molecule has 0 amide bonds. The van der Waals surface area contributed by atoms with Crippen molar-refractivity contribution < 1.29 is 0 Å². The van der Waals surface area contributed by atoms with E-state index in [0.29, 0.717) is 5.88 Å². The number of nitrogens with zero attached hydrogens (tertiary/aromatic N) is 5. The first kappa shape index (κ1) is 11.2. The second-order valence-electron chi connectivity index (χ2n) is 4.13. The fourth-order valence-corrected chi connectivity index (χ4v) is 2.45. The number of aryl methyl sites for hydroxylation is 2. The van der Waals surface area contributed by atoms with E-state index in [4.69, 9.17) is 11.6 Å². The maximum Gasteiger partial charge on any atom is 0.158 e. The lowest BCUT2D eigenvalue weighted by atomic mass is 10.2. The highest BCUT2D eigenvalue weighted by molar-refractivity contribution is 6.17. The van der Waals surface area contributed by atoms with Crippen molar-refractivity contribution in [2.45, 2.75) is 12.8 Å². The van der Waals surface area contributed by atoms with E-state index in [1.165, 1.54) is 0 Å². The van der Waals surface area contributed by atoms with Gasteiger partial charge in [0.2, 0.25) is 0 Å². The summed E-state index contributed by atoms with van der Waals surface area (Å²) >= 11 is 6.00. The highest BCUT2D eigenvalue weighted by Crippen LogP contribution is 2.22. The molecule has 3 rings (SSSR count). The second kappa shape index (κ2) is 4.10. The number of halogens is 1. The molecule has 1 aromatic carbocycles. The number of rotatable bonds is 2. The third kappa shape index (κ3) is 1.51. The van der Waals surface area contributed by atoms with Crippen LogP contribution in [0.4, 0.5) is 0 Å². The van der Waals surface area contributed by atoms with Crippen LogP contribution in [0.1, 0.15) is 11.3 Å². The van der Waals surface area contributed by atoms with Gasteiger partial charge in [0.15, 0.2) is 5.82 Å². The summed E-state index contributed by atoms with van der Waals surface area (Å²) < 4.78 is 3.57. The SMILES string of the molecule is Cc1nn(C)c(-n2nnc3ccccc32)c1CCl. The molecule has 92 valence electrons. The summed E-state index contributed by atoms with van der Waals surface area (Å²) in [4.78, 5) is 0. The van der Waals surface area contributed by atoms with Gasteiger partial charge >= 0.3 is 0 Å². The Kier molecular flexibility index (Phi) is 2.56. The van der Waals surface area contributed by atoms with E-state index >= 15 is 0 Å². The van der Waals surface area contributed by atoms with E-state index in [0.717, 1.165) is 28.1 Å². The number of benzene rings is 1. The lowest BCUT2D eigenvalue weighted by molar-refractivity contribution is 0.685. The minimum absolute atomic E-state index is 0.406. The van der Waals surface area contributed by atoms with E-state index in [1.807, 2.05) is 38.2 Å². The second-order valence-corrected chi connectivity index (χ2v) is 4.40. The molecule has 0 saturated carbocycles. The number of alkyl halides is 1. The Bertz CT molecular complexity index is 712. The summed E-state index contributed by atoms with van der Waals surface area (Å²) in [5.41, 5.74) is 3.71. The number of aromatic nitrogens is 5. The lowest BCUT2D eigenvalue weighted by Gasteiger charge is -2.04. The molecule has 0 spiro atoms. The summed E-state index contributed by atoms with van der Waals surface area (Å²) in [6.07, 6.45) is 0. The zero-order valence-electron chi connectivity index (χ0n) is 10.1. The number of fused-ring (bicyclic) bond motifs is 1. The Balaban J connectivity index is 2.33. The molecule has 18 heavy (non-hydrogen) atoms. The monoisotopic (exact) mass is 261 g/mol. The Morgan fingerprint density at radius 1 is 1.28 bits per heavy atom. The van der Waals surface area contributed by atoms with Crippen LogP contribution in [0, 0.1) is 6.92 Å². The lowest BCUT2D eigenvalue weighted by Crippen LogP contribution is -2.06. The maximum atomic E-state index is 6.00. The summed E-state index contributed by atoms with van der Waals surface area (Å²) in [6, 6.07) is 7.82. The van der Waals surface area contributed by atoms with E-state index in [-0.39, 0.29) is 0 Å². The van der Waals surface area contributed by atoms with Gasteiger partial charge in [-0.25, -0.2) is 0 Å². The Morgan fingerprint density at radius 2 is 2.06 bits per heavy atom. The normalized spacial score (nSPS) is 11.3. The molecule has 0 bridgehead atoms. The van der Waals surface area contributed by atoms with Crippen LogP contribution in [0.3, 0.4) is 0 Å². The van der Waals surface area contributed by atoms with Crippen LogP contribution in [0.15, 0.2) is 24.3 Å². The van der Waals surface area contributed by atoms with Crippen LogP contribution in [0.2, 0.25) is 0 Å². The zero-order chi connectivity index (χ0) is 12.7. The largest absolute Gasteiger partial charge is 0.250 e.